The highest BCUT2D eigenvalue weighted by molar-refractivity contribution is 7.92. The van der Waals surface area contributed by atoms with Crippen molar-refractivity contribution < 1.29 is 22.7 Å². The Labute approximate surface area is 204 Å². The molecule has 2 rings (SSSR count). The smallest absolute Gasteiger partial charge is 0.244 e. The topological polar surface area (TPSA) is 96.0 Å². The highest BCUT2D eigenvalue weighted by Gasteiger charge is 2.31. The molecule has 2 aromatic carbocycles. The Balaban J connectivity index is 2.46. The Kier molecular flexibility index (Phi) is 9.39. The Morgan fingerprint density at radius 2 is 1.79 bits per heavy atom. The predicted molar refractivity (Wildman–Crippen MR) is 130 cm³/mol. The van der Waals surface area contributed by atoms with Gasteiger partial charge in [0.2, 0.25) is 21.8 Å². The van der Waals surface area contributed by atoms with Crippen LogP contribution in [0, 0.1) is 0 Å². The van der Waals surface area contributed by atoms with Crippen LogP contribution in [0.3, 0.4) is 0 Å². The van der Waals surface area contributed by atoms with Gasteiger partial charge in [0.05, 0.1) is 24.1 Å². The summed E-state index contributed by atoms with van der Waals surface area (Å²) < 4.78 is 31.2. The summed E-state index contributed by atoms with van der Waals surface area (Å²) in [6.07, 6.45) is 1.32. The summed E-state index contributed by atoms with van der Waals surface area (Å²) in [5.41, 5.74) is 0.829. The maximum atomic E-state index is 13.5. The van der Waals surface area contributed by atoms with E-state index in [0.29, 0.717) is 22.8 Å². The highest BCUT2D eigenvalue weighted by Crippen LogP contribution is 2.30. The van der Waals surface area contributed by atoms with Crippen LogP contribution in [0.2, 0.25) is 10.0 Å². The van der Waals surface area contributed by atoms with E-state index >= 15 is 0 Å². The number of hydrogen-bond acceptors (Lipinski definition) is 5. The van der Waals surface area contributed by atoms with Gasteiger partial charge in [0.25, 0.3) is 0 Å². The van der Waals surface area contributed by atoms with E-state index in [0.717, 1.165) is 10.6 Å². The molecule has 1 atom stereocenters. The fourth-order valence-corrected chi connectivity index (χ4v) is 4.61. The van der Waals surface area contributed by atoms with Crippen molar-refractivity contribution in [2.75, 3.05) is 31.3 Å². The molecule has 0 saturated carbocycles. The number of benzene rings is 2. The van der Waals surface area contributed by atoms with Gasteiger partial charge in [0, 0.05) is 18.6 Å². The van der Waals surface area contributed by atoms with Crippen molar-refractivity contribution in [1.82, 2.24) is 10.2 Å². The molecular formula is C22H27Cl2N3O5S. The van der Waals surface area contributed by atoms with Crippen molar-refractivity contribution in [3.8, 4) is 5.75 Å². The molecule has 11 heteroatoms. The molecule has 0 radical (unpaired) electrons. The molecular weight excluding hydrogens is 489 g/mol. The molecule has 0 aliphatic heterocycles. The molecule has 0 bridgehead atoms. The molecule has 2 aromatic rings. The minimum atomic E-state index is -3.86. The number of anilines is 1. The first-order chi connectivity index (χ1) is 15.5. The minimum Gasteiger partial charge on any atom is -0.495 e. The number of carbonyl (C=O) groups excluding carboxylic acids is 2. The second-order valence-corrected chi connectivity index (χ2v) is 9.96. The van der Waals surface area contributed by atoms with Crippen molar-refractivity contribution in [2.45, 2.75) is 25.9 Å². The molecule has 0 saturated heterocycles. The number of sulfonamides is 1. The van der Waals surface area contributed by atoms with E-state index in [4.69, 9.17) is 27.9 Å². The van der Waals surface area contributed by atoms with E-state index in [1.807, 2.05) is 0 Å². The molecule has 0 spiro atoms. The fourth-order valence-electron chi connectivity index (χ4n) is 3.32. The summed E-state index contributed by atoms with van der Waals surface area (Å²) in [7, 11) is -0.945. The third-order valence-electron chi connectivity index (χ3n) is 5.03. The summed E-state index contributed by atoms with van der Waals surface area (Å²) >= 11 is 12.5. The number of carbonyl (C=O) groups is 2. The lowest BCUT2D eigenvalue weighted by atomic mass is 10.1. The average Bonchev–Trinajstić information content (AvgIpc) is 2.77. The van der Waals surface area contributed by atoms with Crippen molar-refractivity contribution >= 4 is 50.7 Å². The molecule has 0 aliphatic rings. The minimum absolute atomic E-state index is 0.0331. The number of amides is 2. The van der Waals surface area contributed by atoms with Crippen LogP contribution in [0.5, 0.6) is 5.75 Å². The predicted octanol–water partition coefficient (Wildman–Crippen LogP) is 3.32. The van der Waals surface area contributed by atoms with Gasteiger partial charge in [-0.3, -0.25) is 13.9 Å². The largest absolute Gasteiger partial charge is 0.495 e. The number of ether oxygens (including phenoxy) is 1. The van der Waals surface area contributed by atoms with Crippen LogP contribution in [0.15, 0.2) is 42.5 Å². The van der Waals surface area contributed by atoms with Crippen LogP contribution in [-0.4, -0.2) is 58.1 Å². The van der Waals surface area contributed by atoms with Crippen molar-refractivity contribution in [2.24, 2.45) is 0 Å². The Morgan fingerprint density at radius 3 is 2.30 bits per heavy atom. The van der Waals surface area contributed by atoms with E-state index in [2.05, 4.69) is 5.32 Å². The van der Waals surface area contributed by atoms with Gasteiger partial charge in [0.1, 0.15) is 18.3 Å². The van der Waals surface area contributed by atoms with Gasteiger partial charge < -0.3 is 15.0 Å². The first-order valence-electron chi connectivity index (χ1n) is 10.1. The van der Waals surface area contributed by atoms with Gasteiger partial charge in [-0.25, -0.2) is 8.42 Å². The number of likely N-dealkylation sites (N-methyl/N-ethyl adjacent to an activating group) is 1. The maximum absolute atomic E-state index is 13.5. The fraction of sp³-hybridized carbons (Fsp3) is 0.364. The molecule has 33 heavy (non-hydrogen) atoms. The molecule has 1 unspecified atom stereocenters. The molecule has 8 nitrogen and oxygen atoms in total. The lowest BCUT2D eigenvalue weighted by Crippen LogP contribution is -2.51. The number of methoxy groups -OCH3 is 1. The van der Waals surface area contributed by atoms with Crippen LogP contribution in [-0.2, 0) is 26.2 Å². The Morgan fingerprint density at radius 1 is 1.12 bits per heavy atom. The standard InChI is InChI=1S/C22H27Cl2N3O5S/c1-5-19(22(29)25-2)26(13-15-8-6-7-9-17(15)23)21(28)14-27(33(4,30)31)16-10-11-20(32-3)18(24)12-16/h6-12,19H,5,13-14H2,1-4H3,(H,25,29). The van der Waals surface area contributed by atoms with Crippen molar-refractivity contribution in [1.29, 1.82) is 0 Å². The summed E-state index contributed by atoms with van der Waals surface area (Å²) in [5, 5.41) is 3.19. The van der Waals surface area contributed by atoms with Crippen LogP contribution in [0.1, 0.15) is 18.9 Å². The lowest BCUT2D eigenvalue weighted by Gasteiger charge is -2.32. The van der Waals surface area contributed by atoms with Crippen LogP contribution < -0.4 is 14.4 Å². The summed E-state index contributed by atoms with van der Waals surface area (Å²) in [6, 6.07) is 10.6. The van der Waals surface area contributed by atoms with Gasteiger partial charge in [0.15, 0.2) is 0 Å². The third-order valence-corrected chi connectivity index (χ3v) is 6.84. The summed E-state index contributed by atoms with van der Waals surface area (Å²) in [6.45, 7) is 1.27. The van der Waals surface area contributed by atoms with Crippen LogP contribution >= 0.6 is 23.2 Å². The van der Waals surface area contributed by atoms with Gasteiger partial charge in [-0.05, 0) is 36.2 Å². The van der Waals surface area contributed by atoms with Gasteiger partial charge in [-0.1, -0.05) is 48.3 Å². The zero-order valence-electron chi connectivity index (χ0n) is 18.8. The van der Waals surface area contributed by atoms with E-state index in [9.17, 15) is 18.0 Å². The SMILES string of the molecule is CCC(C(=O)NC)N(Cc1ccccc1Cl)C(=O)CN(c1ccc(OC)c(Cl)c1)S(C)(=O)=O. The second-order valence-electron chi connectivity index (χ2n) is 7.24. The first kappa shape index (κ1) is 26.8. The zero-order chi connectivity index (χ0) is 24.8. The molecule has 0 aromatic heterocycles. The van der Waals surface area contributed by atoms with E-state index in [1.54, 1.807) is 31.2 Å². The quantitative estimate of drug-likeness (QED) is 0.523. The Hall–Kier alpha value is -2.49. The molecule has 0 fully saturated rings. The normalized spacial score (nSPS) is 12.1. The van der Waals surface area contributed by atoms with Gasteiger partial charge >= 0.3 is 0 Å². The first-order valence-corrected chi connectivity index (χ1v) is 12.7. The maximum Gasteiger partial charge on any atom is 0.244 e. The number of rotatable bonds is 10. The Bertz CT molecular complexity index is 1110. The van der Waals surface area contributed by atoms with E-state index < -0.39 is 28.5 Å². The van der Waals surface area contributed by atoms with Crippen LogP contribution in [0.25, 0.3) is 0 Å². The molecule has 0 aliphatic carbocycles. The van der Waals surface area contributed by atoms with E-state index in [1.165, 1.54) is 37.3 Å². The van der Waals surface area contributed by atoms with Crippen molar-refractivity contribution in [3.63, 3.8) is 0 Å². The molecule has 0 heterocycles. The van der Waals surface area contributed by atoms with Crippen molar-refractivity contribution in [3.05, 3.63) is 58.1 Å². The third kappa shape index (κ3) is 6.75. The van der Waals surface area contributed by atoms with E-state index in [-0.39, 0.29) is 23.2 Å². The zero-order valence-corrected chi connectivity index (χ0v) is 21.2. The number of hydrogen-bond donors (Lipinski definition) is 1. The molecule has 180 valence electrons. The highest BCUT2D eigenvalue weighted by atomic mass is 35.5. The lowest BCUT2D eigenvalue weighted by molar-refractivity contribution is -0.140. The molecule has 2 amide bonds. The monoisotopic (exact) mass is 515 g/mol. The average molecular weight is 516 g/mol. The number of halogens is 2. The summed E-state index contributed by atoms with van der Waals surface area (Å²) in [4.78, 5) is 27.3. The summed E-state index contributed by atoms with van der Waals surface area (Å²) in [5.74, 6) is -0.565. The van der Waals surface area contributed by atoms with Gasteiger partial charge in [-0.15, -0.1) is 0 Å². The second kappa shape index (κ2) is 11.6. The molecule has 1 N–H and O–H groups in total. The number of nitrogens with one attached hydrogen (secondary N) is 1. The van der Waals surface area contributed by atoms with Crippen LogP contribution in [0.4, 0.5) is 5.69 Å². The van der Waals surface area contributed by atoms with Gasteiger partial charge in [-0.2, -0.15) is 0 Å². The number of nitrogens with zero attached hydrogens (tertiary/aromatic N) is 2.